The average molecular weight is 488 g/mol. The number of carbonyl (C=O) groups excluding carboxylic acids is 1. The molecule has 2 aromatic rings. The first-order valence-electron chi connectivity index (χ1n) is 11.8. The molecule has 0 aliphatic heterocycles. The number of nitrogens with one attached hydrogen (secondary N) is 1. The van der Waals surface area contributed by atoms with E-state index >= 15 is 0 Å². The molecule has 2 saturated carbocycles. The first-order chi connectivity index (χ1) is 15.9. The van der Waals surface area contributed by atoms with Crippen LogP contribution in [0.2, 0.25) is 0 Å². The molecule has 3 atom stereocenters. The summed E-state index contributed by atoms with van der Waals surface area (Å²) >= 11 is 0. The first kappa shape index (κ1) is 24.8. The summed E-state index contributed by atoms with van der Waals surface area (Å²) < 4.78 is 67.1. The number of nitrogens with zero attached hydrogens (tertiary/aromatic N) is 3. The van der Waals surface area contributed by atoms with E-state index in [1.165, 1.54) is 0 Å². The van der Waals surface area contributed by atoms with Crippen LogP contribution in [0.5, 0.6) is 0 Å². The van der Waals surface area contributed by atoms with Crippen LogP contribution < -0.4 is 11.1 Å². The third-order valence-corrected chi connectivity index (χ3v) is 7.32. The van der Waals surface area contributed by atoms with E-state index in [-0.39, 0.29) is 24.7 Å². The Balaban J connectivity index is 1.50. The van der Waals surface area contributed by atoms with Crippen LogP contribution in [-0.4, -0.2) is 32.6 Å². The topological polar surface area (TPSA) is 85.3 Å². The van der Waals surface area contributed by atoms with Gasteiger partial charge in [-0.3, -0.25) is 4.79 Å². The SMILES string of the molecule is CC(CC(=O)N[C@@H](c1cnn2cc([C@@H](N)C3CCC(F)(F)CC3)nc2c1)C1CCC1)C(F)(F)F. The molecule has 3 N–H and O–H groups in total. The van der Waals surface area contributed by atoms with E-state index in [1.807, 2.05) is 0 Å². The lowest BCUT2D eigenvalue weighted by atomic mass is 9.77. The van der Waals surface area contributed by atoms with Crippen LogP contribution in [0.3, 0.4) is 0 Å². The van der Waals surface area contributed by atoms with Gasteiger partial charge in [-0.1, -0.05) is 13.3 Å². The number of fused-ring (bicyclic) bond motifs is 1. The smallest absolute Gasteiger partial charge is 0.349 e. The van der Waals surface area contributed by atoms with Crippen LogP contribution in [-0.2, 0) is 4.79 Å². The summed E-state index contributed by atoms with van der Waals surface area (Å²) in [4.78, 5) is 16.9. The zero-order valence-electron chi connectivity index (χ0n) is 19.0. The van der Waals surface area contributed by atoms with Crippen molar-refractivity contribution in [3.05, 3.63) is 29.7 Å². The van der Waals surface area contributed by atoms with E-state index in [9.17, 15) is 26.7 Å². The Kier molecular flexibility index (Phi) is 6.85. The Hall–Kier alpha value is -2.30. The minimum Gasteiger partial charge on any atom is -0.349 e. The van der Waals surface area contributed by atoms with Crippen LogP contribution in [0.15, 0.2) is 18.5 Å². The van der Waals surface area contributed by atoms with Gasteiger partial charge in [-0.15, -0.1) is 0 Å². The quantitative estimate of drug-likeness (QED) is 0.532. The molecule has 2 aliphatic rings. The fraction of sp³-hybridized carbons (Fsp3) is 0.696. The van der Waals surface area contributed by atoms with Crippen LogP contribution >= 0.6 is 0 Å². The van der Waals surface area contributed by atoms with Gasteiger partial charge in [-0.25, -0.2) is 18.3 Å². The largest absolute Gasteiger partial charge is 0.392 e. The number of rotatable bonds is 7. The van der Waals surface area contributed by atoms with Gasteiger partial charge in [-0.05, 0) is 49.1 Å². The van der Waals surface area contributed by atoms with Crippen molar-refractivity contribution < 1.29 is 26.7 Å². The normalized spacial score (nSPS) is 22.2. The molecule has 11 heteroatoms. The van der Waals surface area contributed by atoms with E-state index < -0.39 is 42.4 Å². The van der Waals surface area contributed by atoms with E-state index in [1.54, 1.807) is 23.0 Å². The highest BCUT2D eigenvalue weighted by molar-refractivity contribution is 5.76. The second-order valence-electron chi connectivity index (χ2n) is 9.86. The van der Waals surface area contributed by atoms with Gasteiger partial charge in [0.05, 0.1) is 36.1 Å². The lowest BCUT2D eigenvalue weighted by molar-refractivity contribution is -0.174. The predicted octanol–water partition coefficient (Wildman–Crippen LogP) is 5.10. The van der Waals surface area contributed by atoms with Gasteiger partial charge in [-0.2, -0.15) is 18.3 Å². The third-order valence-electron chi connectivity index (χ3n) is 7.32. The van der Waals surface area contributed by atoms with Crippen molar-refractivity contribution in [3.63, 3.8) is 0 Å². The highest BCUT2D eigenvalue weighted by Gasteiger charge is 2.39. The molecule has 34 heavy (non-hydrogen) atoms. The Labute approximate surface area is 194 Å². The fourth-order valence-corrected chi connectivity index (χ4v) is 4.78. The maximum atomic E-state index is 13.5. The van der Waals surface area contributed by atoms with Crippen LogP contribution in [0, 0.1) is 17.8 Å². The molecule has 2 aromatic heterocycles. The van der Waals surface area contributed by atoms with Crippen molar-refractivity contribution >= 4 is 11.6 Å². The number of halogens is 5. The van der Waals surface area contributed by atoms with Gasteiger partial charge < -0.3 is 11.1 Å². The molecule has 0 radical (unpaired) electrons. The Morgan fingerprint density at radius 2 is 1.91 bits per heavy atom. The lowest BCUT2D eigenvalue weighted by Gasteiger charge is -2.34. The van der Waals surface area contributed by atoms with Crippen molar-refractivity contribution in [2.75, 3.05) is 0 Å². The van der Waals surface area contributed by atoms with E-state index in [4.69, 9.17) is 5.73 Å². The molecular formula is C23H30F5N5O. The van der Waals surface area contributed by atoms with Crippen LogP contribution in [0.4, 0.5) is 22.0 Å². The summed E-state index contributed by atoms with van der Waals surface area (Å²) in [6, 6.07) is 0.815. The highest BCUT2D eigenvalue weighted by Crippen LogP contribution is 2.41. The van der Waals surface area contributed by atoms with Crippen molar-refractivity contribution in [1.82, 2.24) is 19.9 Å². The van der Waals surface area contributed by atoms with Crippen molar-refractivity contribution in [2.24, 2.45) is 23.5 Å². The van der Waals surface area contributed by atoms with Crippen molar-refractivity contribution in [1.29, 1.82) is 0 Å². The monoisotopic (exact) mass is 487 g/mol. The second-order valence-corrected chi connectivity index (χ2v) is 9.86. The van der Waals surface area contributed by atoms with Crippen LogP contribution in [0.25, 0.3) is 5.65 Å². The molecule has 0 saturated heterocycles. The molecule has 4 rings (SSSR count). The Morgan fingerprint density at radius 1 is 1.24 bits per heavy atom. The summed E-state index contributed by atoms with van der Waals surface area (Å²) in [5.74, 6) is -4.99. The van der Waals surface area contributed by atoms with Gasteiger partial charge in [0.2, 0.25) is 11.8 Å². The summed E-state index contributed by atoms with van der Waals surface area (Å²) in [7, 11) is 0. The molecule has 0 aromatic carbocycles. The molecular weight excluding hydrogens is 457 g/mol. The zero-order valence-corrected chi connectivity index (χ0v) is 19.0. The molecule has 1 amide bonds. The molecule has 188 valence electrons. The molecule has 0 bridgehead atoms. The number of alkyl halides is 5. The van der Waals surface area contributed by atoms with E-state index in [0.29, 0.717) is 29.7 Å². The maximum absolute atomic E-state index is 13.5. The second kappa shape index (κ2) is 9.39. The standard InChI is InChI=1S/C23H30F5N5O/c1-13(23(26,27)28)9-19(34)32-21(15-3-2-4-15)16-10-18-31-17(12-33(18)30-11-16)20(29)14-5-7-22(24,25)8-6-14/h10-15,20-21H,2-9,29H2,1H3,(H,32,34)/t13?,20-,21+/m0/s1. The van der Waals surface area contributed by atoms with E-state index in [2.05, 4.69) is 15.4 Å². The molecule has 6 nitrogen and oxygen atoms in total. The Bertz CT molecular complexity index is 1010. The molecule has 2 heterocycles. The number of aromatic nitrogens is 3. The number of amides is 1. The number of hydrogen-bond donors (Lipinski definition) is 2. The molecule has 0 spiro atoms. The Morgan fingerprint density at radius 3 is 2.50 bits per heavy atom. The predicted molar refractivity (Wildman–Crippen MR) is 115 cm³/mol. The van der Waals surface area contributed by atoms with Gasteiger partial charge in [0.1, 0.15) is 0 Å². The van der Waals surface area contributed by atoms with Crippen molar-refractivity contribution in [2.45, 2.75) is 82.5 Å². The van der Waals surface area contributed by atoms with Gasteiger partial charge >= 0.3 is 6.18 Å². The van der Waals surface area contributed by atoms with E-state index in [0.717, 1.165) is 26.2 Å². The van der Waals surface area contributed by atoms with Gasteiger partial charge in [0, 0.05) is 19.3 Å². The summed E-state index contributed by atoms with van der Waals surface area (Å²) in [6.07, 6.45) is 1.21. The number of carbonyl (C=O) groups is 1. The average Bonchev–Trinajstić information content (AvgIpc) is 3.14. The number of nitrogens with two attached hydrogens (primary N) is 1. The summed E-state index contributed by atoms with van der Waals surface area (Å²) in [6.45, 7) is 0.994. The number of hydrogen-bond acceptors (Lipinski definition) is 4. The van der Waals surface area contributed by atoms with Crippen LogP contribution in [0.1, 0.15) is 81.6 Å². The highest BCUT2D eigenvalue weighted by atomic mass is 19.4. The molecule has 2 fully saturated rings. The fourth-order valence-electron chi connectivity index (χ4n) is 4.78. The van der Waals surface area contributed by atoms with Gasteiger partial charge in [0.15, 0.2) is 5.65 Å². The molecule has 1 unspecified atom stereocenters. The summed E-state index contributed by atoms with van der Waals surface area (Å²) in [5, 5.41) is 7.15. The third kappa shape index (κ3) is 5.50. The summed E-state index contributed by atoms with van der Waals surface area (Å²) in [5.41, 5.74) is 8.07. The first-order valence-corrected chi connectivity index (χ1v) is 11.8. The van der Waals surface area contributed by atoms with Gasteiger partial charge in [0.25, 0.3) is 0 Å². The molecule has 2 aliphatic carbocycles. The van der Waals surface area contributed by atoms with Crippen molar-refractivity contribution in [3.8, 4) is 0 Å². The minimum absolute atomic E-state index is 0.0957. The zero-order chi connectivity index (χ0) is 24.7. The lowest BCUT2D eigenvalue weighted by Crippen LogP contribution is -2.38. The number of imidazole rings is 1. The maximum Gasteiger partial charge on any atom is 0.392 e. The minimum atomic E-state index is -4.43.